The fraction of sp³-hybridized carbons (Fsp3) is 0.0500. The molecule has 0 aliphatic rings. The van der Waals surface area contributed by atoms with Gasteiger partial charge in [-0.2, -0.15) is 0 Å². The van der Waals surface area contributed by atoms with Crippen molar-refractivity contribution in [2.24, 2.45) is 0 Å². The van der Waals surface area contributed by atoms with Crippen LogP contribution in [-0.4, -0.2) is 4.98 Å². The minimum Gasteiger partial charge on any atom is -0.489 e. The van der Waals surface area contributed by atoms with Crippen LogP contribution in [0.3, 0.4) is 0 Å². The van der Waals surface area contributed by atoms with Gasteiger partial charge in [0.15, 0.2) is 0 Å². The van der Waals surface area contributed by atoms with Crippen molar-refractivity contribution in [3.8, 4) is 5.75 Å². The van der Waals surface area contributed by atoms with E-state index in [4.69, 9.17) is 27.9 Å². The van der Waals surface area contributed by atoms with Crippen molar-refractivity contribution in [2.45, 2.75) is 6.61 Å². The van der Waals surface area contributed by atoms with E-state index in [0.717, 1.165) is 16.7 Å². The molecule has 0 saturated heterocycles. The third kappa shape index (κ3) is 4.60. The molecule has 0 aliphatic heterocycles. The first-order chi connectivity index (χ1) is 11.7. The molecule has 2 nitrogen and oxygen atoms in total. The number of pyridine rings is 1. The first-order valence-electron chi connectivity index (χ1n) is 7.45. The summed E-state index contributed by atoms with van der Waals surface area (Å²) in [6.07, 6.45) is 7.69. The van der Waals surface area contributed by atoms with Gasteiger partial charge in [-0.1, -0.05) is 59.6 Å². The van der Waals surface area contributed by atoms with E-state index in [1.165, 1.54) is 0 Å². The fourth-order valence-corrected chi connectivity index (χ4v) is 2.41. The molecule has 0 atom stereocenters. The SMILES string of the molecule is Clc1ccc(OCc2ccc(/C=C/c3ccncc3)cc2)cc1Cl. The zero-order valence-electron chi connectivity index (χ0n) is 12.8. The van der Waals surface area contributed by atoms with Crippen molar-refractivity contribution in [3.63, 3.8) is 0 Å². The number of ether oxygens (including phenoxy) is 1. The van der Waals surface area contributed by atoms with Gasteiger partial charge in [0.2, 0.25) is 0 Å². The Morgan fingerprint density at radius 1 is 0.792 bits per heavy atom. The predicted molar refractivity (Wildman–Crippen MR) is 100 cm³/mol. The zero-order valence-corrected chi connectivity index (χ0v) is 14.3. The van der Waals surface area contributed by atoms with Gasteiger partial charge in [0.1, 0.15) is 12.4 Å². The highest BCUT2D eigenvalue weighted by Gasteiger charge is 2.01. The van der Waals surface area contributed by atoms with E-state index in [0.29, 0.717) is 22.4 Å². The van der Waals surface area contributed by atoms with Crippen LogP contribution in [0.1, 0.15) is 16.7 Å². The highest BCUT2D eigenvalue weighted by molar-refractivity contribution is 6.42. The largest absolute Gasteiger partial charge is 0.489 e. The van der Waals surface area contributed by atoms with E-state index < -0.39 is 0 Å². The summed E-state index contributed by atoms with van der Waals surface area (Å²) in [6.45, 7) is 0.478. The summed E-state index contributed by atoms with van der Waals surface area (Å²) in [7, 11) is 0. The maximum absolute atomic E-state index is 5.98. The summed E-state index contributed by atoms with van der Waals surface area (Å²) in [5, 5.41) is 1.01. The molecule has 1 aromatic heterocycles. The average molecular weight is 356 g/mol. The van der Waals surface area contributed by atoms with Gasteiger partial charge in [0.05, 0.1) is 10.0 Å². The van der Waals surface area contributed by atoms with Gasteiger partial charge in [-0.05, 0) is 41.0 Å². The van der Waals surface area contributed by atoms with Gasteiger partial charge in [-0.15, -0.1) is 0 Å². The van der Waals surface area contributed by atoms with Crippen LogP contribution in [0.5, 0.6) is 5.75 Å². The monoisotopic (exact) mass is 355 g/mol. The molecule has 0 radical (unpaired) electrons. The van der Waals surface area contributed by atoms with Crippen LogP contribution < -0.4 is 4.74 Å². The van der Waals surface area contributed by atoms with E-state index in [1.807, 2.05) is 24.3 Å². The Bertz CT molecular complexity index is 830. The number of halogens is 2. The van der Waals surface area contributed by atoms with Crippen molar-refractivity contribution in [2.75, 3.05) is 0 Å². The maximum Gasteiger partial charge on any atom is 0.121 e. The lowest BCUT2D eigenvalue weighted by atomic mass is 10.1. The molecule has 0 bridgehead atoms. The summed E-state index contributed by atoms with van der Waals surface area (Å²) in [5.74, 6) is 0.700. The number of aromatic nitrogens is 1. The zero-order chi connectivity index (χ0) is 16.8. The average Bonchev–Trinajstić information content (AvgIpc) is 2.63. The summed E-state index contributed by atoms with van der Waals surface area (Å²) in [6, 6.07) is 17.4. The van der Waals surface area contributed by atoms with Crippen LogP contribution in [0.15, 0.2) is 67.0 Å². The van der Waals surface area contributed by atoms with Gasteiger partial charge < -0.3 is 4.74 Å². The molecule has 0 N–H and O–H groups in total. The van der Waals surface area contributed by atoms with Crippen molar-refractivity contribution in [1.82, 2.24) is 4.98 Å². The Labute approximate surface area is 151 Å². The molecule has 120 valence electrons. The second-order valence-electron chi connectivity index (χ2n) is 5.22. The van der Waals surface area contributed by atoms with Gasteiger partial charge in [-0.25, -0.2) is 0 Å². The number of benzene rings is 2. The van der Waals surface area contributed by atoms with Crippen molar-refractivity contribution in [1.29, 1.82) is 0 Å². The Kier molecular flexibility index (Phi) is 5.52. The molecule has 3 rings (SSSR count). The Morgan fingerprint density at radius 3 is 2.12 bits per heavy atom. The Morgan fingerprint density at radius 2 is 1.46 bits per heavy atom. The minimum absolute atomic E-state index is 0.478. The third-order valence-electron chi connectivity index (χ3n) is 3.45. The number of hydrogen-bond acceptors (Lipinski definition) is 2. The molecule has 4 heteroatoms. The Balaban J connectivity index is 1.60. The van der Waals surface area contributed by atoms with Crippen molar-refractivity contribution in [3.05, 3.63) is 93.7 Å². The van der Waals surface area contributed by atoms with E-state index in [9.17, 15) is 0 Å². The van der Waals surface area contributed by atoms with Gasteiger partial charge in [0, 0.05) is 18.5 Å². The summed E-state index contributed by atoms with van der Waals surface area (Å²) in [4.78, 5) is 4.00. The maximum atomic E-state index is 5.98. The number of hydrogen-bond donors (Lipinski definition) is 0. The van der Waals surface area contributed by atoms with Crippen LogP contribution in [0.4, 0.5) is 0 Å². The van der Waals surface area contributed by atoms with E-state index >= 15 is 0 Å². The molecule has 24 heavy (non-hydrogen) atoms. The first kappa shape index (κ1) is 16.6. The van der Waals surface area contributed by atoms with E-state index in [2.05, 4.69) is 29.3 Å². The van der Waals surface area contributed by atoms with Crippen LogP contribution >= 0.6 is 23.2 Å². The molecule has 3 aromatic rings. The molecule has 0 unspecified atom stereocenters. The van der Waals surface area contributed by atoms with Crippen molar-refractivity contribution < 1.29 is 4.74 Å². The highest BCUT2D eigenvalue weighted by atomic mass is 35.5. The van der Waals surface area contributed by atoms with Crippen LogP contribution in [0, 0.1) is 0 Å². The molecular formula is C20H15Cl2NO. The lowest BCUT2D eigenvalue weighted by Gasteiger charge is -2.07. The summed E-state index contributed by atoms with van der Waals surface area (Å²) >= 11 is 11.9. The standard InChI is InChI=1S/C20H15Cl2NO/c21-19-8-7-18(13-20(19)22)24-14-17-5-3-15(4-6-17)1-2-16-9-11-23-12-10-16/h1-13H,14H2/b2-1+. The van der Waals surface area contributed by atoms with E-state index in [-0.39, 0.29) is 0 Å². The normalized spacial score (nSPS) is 10.9. The summed E-state index contributed by atoms with van der Waals surface area (Å²) in [5.41, 5.74) is 3.34. The van der Waals surface area contributed by atoms with Gasteiger partial charge in [0.25, 0.3) is 0 Å². The first-order valence-corrected chi connectivity index (χ1v) is 8.21. The highest BCUT2D eigenvalue weighted by Crippen LogP contribution is 2.26. The Hall–Kier alpha value is -2.29. The van der Waals surface area contributed by atoms with Crippen LogP contribution in [0.2, 0.25) is 10.0 Å². The second-order valence-corrected chi connectivity index (χ2v) is 6.03. The number of nitrogens with zero attached hydrogens (tertiary/aromatic N) is 1. The van der Waals surface area contributed by atoms with Crippen LogP contribution in [-0.2, 0) is 6.61 Å². The third-order valence-corrected chi connectivity index (χ3v) is 4.19. The van der Waals surface area contributed by atoms with Gasteiger partial charge >= 0.3 is 0 Å². The summed E-state index contributed by atoms with van der Waals surface area (Å²) < 4.78 is 5.73. The van der Waals surface area contributed by atoms with Gasteiger partial charge in [-0.3, -0.25) is 4.98 Å². The predicted octanol–water partition coefficient (Wildman–Crippen LogP) is 6.14. The second kappa shape index (κ2) is 8.00. The van der Waals surface area contributed by atoms with Crippen molar-refractivity contribution >= 4 is 35.4 Å². The molecule has 0 aliphatic carbocycles. The molecule has 0 saturated carbocycles. The minimum atomic E-state index is 0.478. The lowest BCUT2D eigenvalue weighted by molar-refractivity contribution is 0.306. The molecule has 0 amide bonds. The molecule has 0 fully saturated rings. The van der Waals surface area contributed by atoms with E-state index in [1.54, 1.807) is 30.6 Å². The fourth-order valence-electron chi connectivity index (χ4n) is 2.13. The lowest BCUT2D eigenvalue weighted by Crippen LogP contribution is -1.95. The molecule has 0 spiro atoms. The molecular weight excluding hydrogens is 341 g/mol. The quantitative estimate of drug-likeness (QED) is 0.548. The molecule has 1 heterocycles. The topological polar surface area (TPSA) is 22.1 Å². The number of rotatable bonds is 5. The smallest absolute Gasteiger partial charge is 0.121 e. The van der Waals surface area contributed by atoms with Crippen LogP contribution in [0.25, 0.3) is 12.2 Å². The molecule has 2 aromatic carbocycles.